The summed E-state index contributed by atoms with van der Waals surface area (Å²) in [5.41, 5.74) is 0.506. The third kappa shape index (κ3) is 3.16. The van der Waals surface area contributed by atoms with Gasteiger partial charge in [0.25, 0.3) is 0 Å². The van der Waals surface area contributed by atoms with Crippen molar-refractivity contribution in [2.75, 3.05) is 20.3 Å². The molecule has 1 fully saturated rings. The molecule has 1 aromatic heterocycles. The average Bonchev–Trinajstić information content (AvgIpc) is 2.74. The SMILES string of the molecule is COC(=O)c1cc(CN2CC(C)OCC2C)oc1C. The molecule has 1 aromatic rings. The van der Waals surface area contributed by atoms with Crippen LogP contribution in [0.4, 0.5) is 0 Å². The number of esters is 1. The number of rotatable bonds is 3. The van der Waals surface area contributed by atoms with E-state index in [0.29, 0.717) is 23.9 Å². The number of carbonyl (C=O) groups is 1. The van der Waals surface area contributed by atoms with Gasteiger partial charge in [0.1, 0.15) is 17.1 Å². The van der Waals surface area contributed by atoms with E-state index in [9.17, 15) is 4.79 Å². The van der Waals surface area contributed by atoms with Gasteiger partial charge in [0.15, 0.2) is 0 Å². The molecule has 0 radical (unpaired) electrons. The normalized spacial score (nSPS) is 24.4. The van der Waals surface area contributed by atoms with Crippen molar-refractivity contribution in [1.29, 1.82) is 0 Å². The third-order valence-corrected chi connectivity index (χ3v) is 3.47. The Morgan fingerprint density at radius 1 is 1.53 bits per heavy atom. The van der Waals surface area contributed by atoms with Crippen LogP contribution in [0.15, 0.2) is 10.5 Å². The summed E-state index contributed by atoms with van der Waals surface area (Å²) in [6.07, 6.45) is 0.229. The molecule has 5 heteroatoms. The molecule has 2 rings (SSSR count). The molecular weight excluding hydrogens is 246 g/mol. The standard InChI is InChI=1S/C14H21NO4/c1-9-8-18-10(2)6-15(9)7-12-5-13(11(3)19-12)14(16)17-4/h5,9-10H,6-8H2,1-4H3. The predicted octanol–water partition coefficient (Wildman–Crippen LogP) is 1.98. The lowest BCUT2D eigenvalue weighted by atomic mass is 10.2. The van der Waals surface area contributed by atoms with Crippen LogP contribution in [0.3, 0.4) is 0 Å². The maximum Gasteiger partial charge on any atom is 0.341 e. The molecule has 0 amide bonds. The summed E-state index contributed by atoms with van der Waals surface area (Å²) >= 11 is 0. The van der Waals surface area contributed by atoms with Crippen molar-refractivity contribution in [3.8, 4) is 0 Å². The largest absolute Gasteiger partial charge is 0.465 e. The number of methoxy groups -OCH3 is 1. The van der Waals surface area contributed by atoms with E-state index in [1.54, 1.807) is 13.0 Å². The molecule has 19 heavy (non-hydrogen) atoms. The minimum absolute atomic E-state index is 0.229. The number of hydrogen-bond acceptors (Lipinski definition) is 5. The van der Waals surface area contributed by atoms with E-state index in [-0.39, 0.29) is 12.1 Å². The van der Waals surface area contributed by atoms with E-state index in [1.807, 2.05) is 0 Å². The van der Waals surface area contributed by atoms with Gasteiger partial charge >= 0.3 is 5.97 Å². The van der Waals surface area contributed by atoms with Gasteiger partial charge in [-0.25, -0.2) is 4.79 Å². The Labute approximate surface area is 113 Å². The van der Waals surface area contributed by atoms with E-state index in [4.69, 9.17) is 13.9 Å². The minimum Gasteiger partial charge on any atom is -0.465 e. The monoisotopic (exact) mass is 267 g/mol. The van der Waals surface area contributed by atoms with Crippen molar-refractivity contribution in [2.45, 2.75) is 39.5 Å². The van der Waals surface area contributed by atoms with Crippen LogP contribution in [0.2, 0.25) is 0 Å². The fraction of sp³-hybridized carbons (Fsp3) is 0.643. The van der Waals surface area contributed by atoms with Crippen LogP contribution in [0.25, 0.3) is 0 Å². The highest BCUT2D eigenvalue weighted by Gasteiger charge is 2.25. The summed E-state index contributed by atoms with van der Waals surface area (Å²) in [6.45, 7) is 8.25. The Kier molecular flexibility index (Phi) is 4.27. The highest BCUT2D eigenvalue weighted by Crippen LogP contribution is 2.20. The van der Waals surface area contributed by atoms with Crippen molar-refractivity contribution >= 4 is 5.97 Å². The van der Waals surface area contributed by atoms with Crippen molar-refractivity contribution in [3.63, 3.8) is 0 Å². The van der Waals surface area contributed by atoms with E-state index in [2.05, 4.69) is 18.7 Å². The quantitative estimate of drug-likeness (QED) is 0.784. The van der Waals surface area contributed by atoms with Gasteiger partial charge in [-0.15, -0.1) is 0 Å². The lowest BCUT2D eigenvalue weighted by Gasteiger charge is -2.36. The second kappa shape index (κ2) is 5.75. The first kappa shape index (κ1) is 14.1. The molecule has 0 aliphatic carbocycles. The van der Waals surface area contributed by atoms with E-state index < -0.39 is 0 Å². The van der Waals surface area contributed by atoms with Gasteiger partial charge in [-0.2, -0.15) is 0 Å². The summed E-state index contributed by atoms with van der Waals surface area (Å²) in [5.74, 6) is 1.05. The molecule has 0 bridgehead atoms. The molecule has 0 aromatic carbocycles. The van der Waals surface area contributed by atoms with Gasteiger partial charge in [-0.1, -0.05) is 0 Å². The highest BCUT2D eigenvalue weighted by atomic mass is 16.5. The van der Waals surface area contributed by atoms with Crippen LogP contribution in [-0.4, -0.2) is 43.3 Å². The Morgan fingerprint density at radius 2 is 2.26 bits per heavy atom. The zero-order chi connectivity index (χ0) is 14.0. The van der Waals surface area contributed by atoms with E-state index >= 15 is 0 Å². The van der Waals surface area contributed by atoms with Crippen molar-refractivity contribution in [1.82, 2.24) is 4.90 Å². The summed E-state index contributed by atoms with van der Waals surface area (Å²) in [6, 6.07) is 2.12. The highest BCUT2D eigenvalue weighted by molar-refractivity contribution is 5.90. The van der Waals surface area contributed by atoms with Gasteiger partial charge in [0.2, 0.25) is 0 Å². The molecule has 5 nitrogen and oxygen atoms in total. The molecule has 0 saturated carbocycles. The summed E-state index contributed by atoms with van der Waals surface area (Å²) < 4.78 is 16.0. The maximum absolute atomic E-state index is 11.5. The Hall–Kier alpha value is -1.33. The van der Waals surface area contributed by atoms with Crippen molar-refractivity contribution < 1.29 is 18.7 Å². The van der Waals surface area contributed by atoms with E-state index in [0.717, 1.165) is 18.9 Å². The van der Waals surface area contributed by atoms with Gasteiger partial charge in [-0.05, 0) is 26.8 Å². The lowest BCUT2D eigenvalue weighted by Crippen LogP contribution is -2.46. The minimum atomic E-state index is -0.351. The zero-order valence-corrected chi connectivity index (χ0v) is 11.9. The summed E-state index contributed by atoms with van der Waals surface area (Å²) in [4.78, 5) is 13.8. The van der Waals surface area contributed by atoms with Crippen LogP contribution < -0.4 is 0 Å². The van der Waals surface area contributed by atoms with Crippen LogP contribution in [0.5, 0.6) is 0 Å². The summed E-state index contributed by atoms with van der Waals surface area (Å²) in [7, 11) is 1.38. The number of nitrogens with zero attached hydrogens (tertiary/aromatic N) is 1. The van der Waals surface area contributed by atoms with Crippen LogP contribution in [0, 0.1) is 6.92 Å². The van der Waals surface area contributed by atoms with Gasteiger partial charge in [0.05, 0.1) is 26.4 Å². The molecule has 1 saturated heterocycles. The van der Waals surface area contributed by atoms with Crippen LogP contribution in [-0.2, 0) is 16.0 Å². The molecule has 2 unspecified atom stereocenters. The van der Waals surface area contributed by atoms with E-state index in [1.165, 1.54) is 7.11 Å². The topological polar surface area (TPSA) is 51.9 Å². The van der Waals surface area contributed by atoms with Crippen LogP contribution >= 0.6 is 0 Å². The van der Waals surface area contributed by atoms with Crippen molar-refractivity contribution in [3.05, 3.63) is 23.2 Å². The number of aryl methyl sites for hydroxylation is 1. The second-order valence-electron chi connectivity index (χ2n) is 5.10. The smallest absolute Gasteiger partial charge is 0.341 e. The fourth-order valence-electron chi connectivity index (χ4n) is 2.33. The molecule has 2 heterocycles. The Bertz CT molecular complexity index is 454. The Morgan fingerprint density at radius 3 is 2.95 bits per heavy atom. The molecular formula is C14H21NO4. The van der Waals surface area contributed by atoms with Gasteiger partial charge in [0, 0.05) is 12.6 Å². The Balaban J connectivity index is 2.08. The number of furan rings is 1. The molecule has 1 aliphatic rings. The molecule has 0 spiro atoms. The second-order valence-corrected chi connectivity index (χ2v) is 5.10. The number of ether oxygens (including phenoxy) is 2. The number of morpholine rings is 1. The first-order valence-corrected chi connectivity index (χ1v) is 6.54. The average molecular weight is 267 g/mol. The van der Waals surface area contributed by atoms with Crippen LogP contribution in [0.1, 0.15) is 35.7 Å². The van der Waals surface area contributed by atoms with Gasteiger partial charge < -0.3 is 13.9 Å². The first-order valence-electron chi connectivity index (χ1n) is 6.54. The third-order valence-electron chi connectivity index (χ3n) is 3.47. The molecule has 0 N–H and O–H groups in total. The molecule has 2 atom stereocenters. The van der Waals surface area contributed by atoms with Crippen molar-refractivity contribution in [2.24, 2.45) is 0 Å². The predicted molar refractivity (Wildman–Crippen MR) is 70.1 cm³/mol. The fourth-order valence-corrected chi connectivity index (χ4v) is 2.33. The van der Waals surface area contributed by atoms with Gasteiger partial charge in [-0.3, -0.25) is 4.90 Å². The number of carbonyl (C=O) groups excluding carboxylic acids is 1. The lowest BCUT2D eigenvalue weighted by molar-refractivity contribution is -0.0546. The first-order chi connectivity index (χ1) is 9.01. The maximum atomic E-state index is 11.5. The zero-order valence-electron chi connectivity index (χ0n) is 11.9. The molecule has 1 aliphatic heterocycles. The number of hydrogen-bond donors (Lipinski definition) is 0. The molecule has 106 valence electrons. The summed E-state index contributed by atoms with van der Waals surface area (Å²) in [5, 5.41) is 0.